The minimum absolute atomic E-state index is 0.0573. The summed E-state index contributed by atoms with van der Waals surface area (Å²) in [6, 6.07) is 5.98. The van der Waals surface area contributed by atoms with Crippen molar-refractivity contribution in [2.24, 2.45) is 5.92 Å². The Bertz CT molecular complexity index is 400. The molecule has 0 atom stereocenters. The molecule has 18 heavy (non-hydrogen) atoms. The second-order valence-electron chi connectivity index (χ2n) is 4.47. The van der Waals surface area contributed by atoms with Crippen molar-refractivity contribution in [2.45, 2.75) is 12.8 Å². The fourth-order valence-electron chi connectivity index (χ4n) is 2.00. The van der Waals surface area contributed by atoms with Crippen molar-refractivity contribution >= 4 is 5.78 Å². The Labute approximate surface area is 106 Å². The van der Waals surface area contributed by atoms with Crippen LogP contribution in [0.5, 0.6) is 0 Å². The minimum atomic E-state index is -0.489. The molecule has 1 aliphatic rings. The Hall–Kier alpha value is -1.26. The van der Waals surface area contributed by atoms with E-state index in [0.717, 1.165) is 26.1 Å². The molecule has 0 spiro atoms. The van der Waals surface area contributed by atoms with Crippen molar-refractivity contribution in [2.75, 3.05) is 26.4 Å². The molecule has 0 N–H and O–H groups in total. The molecule has 1 aromatic carbocycles. The van der Waals surface area contributed by atoms with Gasteiger partial charge in [-0.25, -0.2) is 4.39 Å². The van der Waals surface area contributed by atoms with Crippen LogP contribution in [0.25, 0.3) is 0 Å². The van der Waals surface area contributed by atoms with Crippen LogP contribution >= 0.6 is 0 Å². The first-order valence-electron chi connectivity index (χ1n) is 6.20. The van der Waals surface area contributed by atoms with E-state index in [1.165, 1.54) is 12.1 Å². The van der Waals surface area contributed by atoms with Crippen LogP contribution in [-0.2, 0) is 9.47 Å². The van der Waals surface area contributed by atoms with Crippen molar-refractivity contribution in [1.82, 2.24) is 0 Å². The van der Waals surface area contributed by atoms with E-state index in [-0.39, 0.29) is 18.0 Å². The molecule has 1 fully saturated rings. The van der Waals surface area contributed by atoms with Crippen LogP contribution in [0.4, 0.5) is 4.39 Å². The van der Waals surface area contributed by atoms with Gasteiger partial charge in [0, 0.05) is 13.2 Å². The van der Waals surface area contributed by atoms with Gasteiger partial charge in [0.25, 0.3) is 0 Å². The lowest BCUT2D eigenvalue weighted by molar-refractivity contribution is 0.0216. The lowest BCUT2D eigenvalue weighted by Crippen LogP contribution is -2.22. The summed E-state index contributed by atoms with van der Waals surface area (Å²) in [5.74, 6) is -0.343. The summed E-state index contributed by atoms with van der Waals surface area (Å²) >= 11 is 0. The van der Waals surface area contributed by atoms with Crippen LogP contribution in [0.15, 0.2) is 24.3 Å². The van der Waals surface area contributed by atoms with Crippen molar-refractivity contribution in [1.29, 1.82) is 0 Å². The Morgan fingerprint density at radius 3 is 2.78 bits per heavy atom. The van der Waals surface area contributed by atoms with Crippen LogP contribution in [-0.4, -0.2) is 32.2 Å². The molecular formula is C14H17FO3. The first kappa shape index (κ1) is 13.2. The van der Waals surface area contributed by atoms with E-state index in [4.69, 9.17) is 9.47 Å². The van der Waals surface area contributed by atoms with Gasteiger partial charge in [-0.05, 0) is 30.9 Å². The minimum Gasteiger partial charge on any atom is -0.381 e. The predicted octanol–water partition coefficient (Wildman–Crippen LogP) is 2.45. The molecule has 0 bridgehead atoms. The van der Waals surface area contributed by atoms with Crippen LogP contribution in [0.2, 0.25) is 0 Å². The Morgan fingerprint density at radius 1 is 1.33 bits per heavy atom. The highest BCUT2D eigenvalue weighted by atomic mass is 19.1. The predicted molar refractivity (Wildman–Crippen MR) is 65.1 cm³/mol. The smallest absolute Gasteiger partial charge is 0.191 e. The highest BCUT2D eigenvalue weighted by molar-refractivity contribution is 5.97. The number of benzene rings is 1. The van der Waals surface area contributed by atoms with Gasteiger partial charge in [-0.1, -0.05) is 12.1 Å². The molecule has 2 rings (SSSR count). The molecule has 1 saturated heterocycles. The normalized spacial score (nSPS) is 16.7. The topological polar surface area (TPSA) is 35.5 Å². The van der Waals surface area contributed by atoms with Crippen molar-refractivity contribution in [3.63, 3.8) is 0 Å². The zero-order valence-corrected chi connectivity index (χ0v) is 10.2. The van der Waals surface area contributed by atoms with Gasteiger partial charge in [0.15, 0.2) is 5.78 Å². The maximum Gasteiger partial charge on any atom is 0.191 e. The van der Waals surface area contributed by atoms with Crippen molar-refractivity contribution in [3.05, 3.63) is 35.6 Å². The number of carbonyl (C=O) groups excluding carboxylic acids is 1. The molecule has 0 aliphatic carbocycles. The first-order valence-corrected chi connectivity index (χ1v) is 6.20. The van der Waals surface area contributed by atoms with Gasteiger partial charge in [-0.2, -0.15) is 0 Å². The molecule has 0 radical (unpaired) electrons. The number of rotatable bonds is 5. The third kappa shape index (κ3) is 3.62. The third-order valence-corrected chi connectivity index (χ3v) is 3.10. The molecule has 4 heteroatoms. The molecule has 0 amide bonds. The zero-order valence-electron chi connectivity index (χ0n) is 10.2. The van der Waals surface area contributed by atoms with Gasteiger partial charge in [0.1, 0.15) is 12.4 Å². The molecule has 1 heterocycles. The third-order valence-electron chi connectivity index (χ3n) is 3.10. The maximum absolute atomic E-state index is 13.3. The second-order valence-corrected chi connectivity index (χ2v) is 4.47. The summed E-state index contributed by atoms with van der Waals surface area (Å²) in [4.78, 5) is 11.7. The van der Waals surface area contributed by atoms with Crippen LogP contribution in [0.3, 0.4) is 0 Å². The van der Waals surface area contributed by atoms with Gasteiger partial charge in [0.05, 0.1) is 12.2 Å². The van der Waals surface area contributed by atoms with E-state index in [2.05, 4.69) is 0 Å². The van der Waals surface area contributed by atoms with Crippen LogP contribution < -0.4 is 0 Å². The molecule has 3 nitrogen and oxygen atoms in total. The summed E-state index contributed by atoms with van der Waals surface area (Å²) in [7, 11) is 0. The van der Waals surface area contributed by atoms with E-state index < -0.39 is 5.82 Å². The second kappa shape index (κ2) is 6.61. The highest BCUT2D eigenvalue weighted by Gasteiger charge is 2.15. The number of Topliss-reactive ketones (excluding diaryl/α,β-unsaturated/α-hetero) is 1. The molecule has 1 aromatic rings. The Balaban J connectivity index is 1.76. The van der Waals surface area contributed by atoms with E-state index in [0.29, 0.717) is 12.5 Å². The van der Waals surface area contributed by atoms with Gasteiger partial charge >= 0.3 is 0 Å². The molecule has 98 valence electrons. The lowest BCUT2D eigenvalue weighted by Gasteiger charge is -2.21. The molecule has 0 saturated carbocycles. The van der Waals surface area contributed by atoms with E-state index >= 15 is 0 Å². The van der Waals surface area contributed by atoms with Gasteiger partial charge in [-0.15, -0.1) is 0 Å². The Morgan fingerprint density at radius 2 is 2.06 bits per heavy atom. The number of hydrogen-bond donors (Lipinski definition) is 0. The fourth-order valence-corrected chi connectivity index (χ4v) is 2.00. The fraction of sp³-hybridized carbons (Fsp3) is 0.500. The average molecular weight is 252 g/mol. The summed E-state index contributed by atoms with van der Waals surface area (Å²) in [5, 5.41) is 0. The molecule has 0 aromatic heterocycles. The quantitative estimate of drug-likeness (QED) is 0.755. The maximum atomic E-state index is 13.3. The first-order chi connectivity index (χ1) is 8.77. The summed E-state index contributed by atoms with van der Waals surface area (Å²) in [5.41, 5.74) is 0.101. The van der Waals surface area contributed by atoms with E-state index in [1.54, 1.807) is 12.1 Å². The molecule has 1 aliphatic heterocycles. The summed E-state index contributed by atoms with van der Waals surface area (Å²) in [6.45, 7) is 2.01. The summed E-state index contributed by atoms with van der Waals surface area (Å²) in [6.07, 6.45) is 1.93. The number of halogens is 1. The van der Waals surface area contributed by atoms with E-state index in [1.807, 2.05) is 0 Å². The highest BCUT2D eigenvalue weighted by Crippen LogP contribution is 2.15. The van der Waals surface area contributed by atoms with Crippen LogP contribution in [0, 0.1) is 11.7 Å². The number of ether oxygens (including phenoxy) is 2. The summed E-state index contributed by atoms with van der Waals surface area (Å²) < 4.78 is 23.9. The monoisotopic (exact) mass is 252 g/mol. The zero-order chi connectivity index (χ0) is 12.8. The number of carbonyl (C=O) groups is 1. The Kier molecular flexibility index (Phi) is 4.84. The van der Waals surface area contributed by atoms with Crippen molar-refractivity contribution < 1.29 is 18.7 Å². The largest absolute Gasteiger partial charge is 0.381 e. The van der Waals surface area contributed by atoms with Crippen LogP contribution in [0.1, 0.15) is 23.2 Å². The van der Waals surface area contributed by atoms with Gasteiger partial charge in [0.2, 0.25) is 0 Å². The van der Waals surface area contributed by atoms with Gasteiger partial charge < -0.3 is 9.47 Å². The lowest BCUT2D eigenvalue weighted by atomic mass is 10.0. The SMILES string of the molecule is O=C(COCC1CCOCC1)c1ccccc1F. The molecular weight excluding hydrogens is 235 g/mol. The number of ketones is 1. The molecule has 0 unspecified atom stereocenters. The van der Waals surface area contributed by atoms with Gasteiger partial charge in [-0.3, -0.25) is 4.79 Å². The van der Waals surface area contributed by atoms with Crippen molar-refractivity contribution in [3.8, 4) is 0 Å². The van der Waals surface area contributed by atoms with E-state index in [9.17, 15) is 9.18 Å². The number of hydrogen-bond acceptors (Lipinski definition) is 3. The standard InChI is InChI=1S/C14H17FO3/c15-13-4-2-1-3-12(13)14(16)10-18-9-11-5-7-17-8-6-11/h1-4,11H,5-10H2. The average Bonchev–Trinajstić information content (AvgIpc) is 2.40.